The monoisotopic (exact) mass is 1120 g/mol. The van der Waals surface area contributed by atoms with Crippen LogP contribution in [0.5, 0.6) is 17.2 Å². The summed E-state index contributed by atoms with van der Waals surface area (Å²) in [6.07, 6.45) is 6.51. The maximum atomic E-state index is 13.3. The minimum Gasteiger partial charge on any atom is -0.465 e. The maximum Gasteiger partial charge on any atom is 0.398 e. The van der Waals surface area contributed by atoms with Gasteiger partial charge in [0, 0.05) is 6.42 Å². The lowest BCUT2D eigenvalue weighted by atomic mass is 9.79. The van der Waals surface area contributed by atoms with E-state index in [0.29, 0.717) is 24.9 Å². The quantitative estimate of drug-likeness (QED) is 0.0429. The molecule has 0 aromatic heterocycles. The molecule has 6 nitrogen and oxygen atoms in total. The molecule has 79 heavy (non-hydrogen) atoms. The van der Waals surface area contributed by atoms with Crippen molar-refractivity contribution in [2.24, 2.45) is 17.8 Å². The molecule has 9 unspecified atom stereocenters. The van der Waals surface area contributed by atoms with Gasteiger partial charge in [-0.15, -0.1) is 11.6 Å². The number of fused-ring (bicyclic) bond motifs is 2. The van der Waals surface area contributed by atoms with E-state index in [9.17, 15) is 13.2 Å². The average molecular weight is 1130 g/mol. The van der Waals surface area contributed by atoms with Gasteiger partial charge in [-0.2, -0.15) is 13.2 Å². The standard InChI is InChI=1S/C22H34O2.C21H25F3O2.C20H25ClO2.6CH4/c1-4-16(3)18-8-10-21(11-9-18)24-22(5-2)23-13-12-20-15-17-6-7-19(20)14-17;1-4-20(3,21(22,23)24)18-10-12-19(13-11-18)26-16(2)25-15-14-17-8-6-5-7-9-17;1-4-20(3,21)18-10-12-19(13-11-18)23-16(2)22-15-14-17-8-6-5-7-9-17;;;;;;/h8-11,16-17,19-20,22H,4-7,12-15H2,1-3H3;5-13,16H,4,14-15H2,1-3H3;5-13,16H,4,14-15H2,1-3H3;6*1H4. The van der Waals surface area contributed by atoms with Gasteiger partial charge in [0.05, 0.1) is 30.1 Å². The molecular formula is C69H108ClF3O6. The van der Waals surface area contributed by atoms with E-state index in [4.69, 9.17) is 40.0 Å². The Hall–Kier alpha value is -4.54. The molecule has 5 aromatic carbocycles. The van der Waals surface area contributed by atoms with Crippen molar-refractivity contribution < 1.29 is 41.6 Å². The van der Waals surface area contributed by atoms with Crippen LogP contribution < -0.4 is 14.2 Å². The fraction of sp³-hybridized carbons (Fsp3) is 0.565. The lowest BCUT2D eigenvalue weighted by Crippen LogP contribution is -2.38. The normalized spacial score (nSPS) is 17.9. The maximum absolute atomic E-state index is 13.3. The van der Waals surface area contributed by atoms with E-state index < -0.39 is 17.9 Å². The summed E-state index contributed by atoms with van der Waals surface area (Å²) in [7, 11) is 0. The van der Waals surface area contributed by atoms with Crippen molar-refractivity contribution in [1.82, 2.24) is 0 Å². The molecule has 0 spiro atoms. The van der Waals surface area contributed by atoms with Crippen LogP contribution in [-0.4, -0.2) is 44.9 Å². The summed E-state index contributed by atoms with van der Waals surface area (Å²) in [4.78, 5) is -0.323. The van der Waals surface area contributed by atoms with Crippen LogP contribution in [0.2, 0.25) is 0 Å². The smallest absolute Gasteiger partial charge is 0.398 e. The highest BCUT2D eigenvalue weighted by atomic mass is 35.5. The van der Waals surface area contributed by atoms with Gasteiger partial charge in [0.15, 0.2) is 18.9 Å². The summed E-state index contributed by atoms with van der Waals surface area (Å²) in [5.74, 6) is 5.75. The van der Waals surface area contributed by atoms with Gasteiger partial charge >= 0.3 is 6.18 Å². The van der Waals surface area contributed by atoms with Crippen LogP contribution in [-0.2, 0) is 37.3 Å². The summed E-state index contributed by atoms with van der Waals surface area (Å²) in [6.45, 7) is 19.2. The van der Waals surface area contributed by atoms with Crippen molar-refractivity contribution in [3.8, 4) is 17.2 Å². The van der Waals surface area contributed by atoms with Crippen LogP contribution in [0.15, 0.2) is 133 Å². The third kappa shape index (κ3) is 24.6. The molecule has 0 heterocycles. The molecule has 2 aliphatic rings. The van der Waals surface area contributed by atoms with E-state index in [0.717, 1.165) is 67.1 Å². The van der Waals surface area contributed by atoms with Crippen LogP contribution in [0.4, 0.5) is 13.2 Å². The molecule has 0 radical (unpaired) electrons. The van der Waals surface area contributed by atoms with Crippen molar-refractivity contribution in [2.75, 3.05) is 19.8 Å². The Balaban J connectivity index is 0. The highest BCUT2D eigenvalue weighted by molar-refractivity contribution is 6.23. The Morgan fingerprint density at radius 1 is 0.519 bits per heavy atom. The third-order valence-electron chi connectivity index (χ3n) is 15.1. The van der Waals surface area contributed by atoms with E-state index in [2.05, 4.69) is 64.1 Å². The van der Waals surface area contributed by atoms with Crippen molar-refractivity contribution in [3.05, 3.63) is 161 Å². The lowest BCUT2D eigenvalue weighted by Gasteiger charge is -2.31. The number of rotatable bonds is 25. The minimum atomic E-state index is -4.29. The fourth-order valence-electron chi connectivity index (χ4n) is 9.56. The predicted molar refractivity (Wildman–Crippen MR) is 332 cm³/mol. The molecule has 2 bridgehead atoms. The molecule has 7 rings (SSSR count). The summed E-state index contributed by atoms with van der Waals surface area (Å²) in [5.41, 5.74) is 3.31. The molecule has 2 aliphatic carbocycles. The van der Waals surface area contributed by atoms with Crippen LogP contribution in [0.3, 0.4) is 0 Å². The molecule has 0 N–H and O–H groups in total. The number of benzene rings is 5. The highest BCUT2D eigenvalue weighted by Crippen LogP contribution is 2.49. The molecule has 5 aromatic rings. The second-order valence-corrected chi connectivity index (χ2v) is 21.1. The largest absolute Gasteiger partial charge is 0.465 e. The topological polar surface area (TPSA) is 55.4 Å². The van der Waals surface area contributed by atoms with Crippen molar-refractivity contribution >= 4 is 11.6 Å². The second kappa shape index (κ2) is 38.2. The predicted octanol–water partition coefficient (Wildman–Crippen LogP) is 21.4. The number of hydrogen-bond acceptors (Lipinski definition) is 6. The number of hydrogen-bond donors (Lipinski definition) is 0. The van der Waals surface area contributed by atoms with Gasteiger partial charge in [0.1, 0.15) is 17.2 Å². The van der Waals surface area contributed by atoms with E-state index in [1.165, 1.54) is 74.3 Å². The van der Waals surface area contributed by atoms with E-state index >= 15 is 0 Å². The number of alkyl halides is 4. The first kappa shape index (κ1) is 76.5. The molecule has 0 aliphatic heterocycles. The number of ether oxygens (including phenoxy) is 6. The summed E-state index contributed by atoms with van der Waals surface area (Å²) < 4.78 is 74.8. The molecule has 448 valence electrons. The molecule has 10 heteroatoms. The van der Waals surface area contributed by atoms with Crippen LogP contribution in [0, 0.1) is 17.8 Å². The van der Waals surface area contributed by atoms with Gasteiger partial charge in [-0.3, -0.25) is 0 Å². The van der Waals surface area contributed by atoms with E-state index in [1.807, 2.05) is 86.6 Å². The average Bonchev–Trinajstić information content (AvgIpc) is 4.03. The van der Waals surface area contributed by atoms with Gasteiger partial charge in [-0.25, -0.2) is 0 Å². The first-order chi connectivity index (χ1) is 35.0. The molecule has 2 fully saturated rings. The summed E-state index contributed by atoms with van der Waals surface area (Å²) >= 11 is 6.47. The van der Waals surface area contributed by atoms with Gasteiger partial charge in [-0.1, -0.05) is 183 Å². The molecule has 0 amide bonds. The highest BCUT2D eigenvalue weighted by Gasteiger charge is 2.50. The summed E-state index contributed by atoms with van der Waals surface area (Å²) in [5, 5.41) is 0. The van der Waals surface area contributed by atoms with E-state index in [1.54, 1.807) is 26.0 Å². The zero-order chi connectivity index (χ0) is 52.9. The zero-order valence-corrected chi connectivity index (χ0v) is 45.9. The van der Waals surface area contributed by atoms with Crippen molar-refractivity contribution in [3.63, 3.8) is 0 Å². The number of halogens is 4. The molecular weight excluding hydrogens is 1020 g/mol. The second-order valence-electron chi connectivity index (χ2n) is 20.3. The van der Waals surface area contributed by atoms with Crippen LogP contribution in [0.1, 0.15) is 198 Å². The van der Waals surface area contributed by atoms with Crippen LogP contribution >= 0.6 is 11.6 Å². The SMILES string of the molecule is C.C.C.C.C.C.CCC(C)(Cl)c1ccc(OC(C)OCCc2ccccc2)cc1.CCC(C)(c1ccc(OC(C)OCCc2ccccc2)cc1)C(F)(F)F.CCC(OCCC1CC2CCC1C2)Oc1ccc(C(C)CC)cc1. The van der Waals surface area contributed by atoms with Crippen molar-refractivity contribution in [2.45, 2.75) is 219 Å². The Labute approximate surface area is 485 Å². The van der Waals surface area contributed by atoms with Gasteiger partial charge < -0.3 is 28.4 Å². The van der Waals surface area contributed by atoms with Crippen molar-refractivity contribution in [1.29, 1.82) is 0 Å². The van der Waals surface area contributed by atoms with Gasteiger partial charge in [0.2, 0.25) is 0 Å². The Morgan fingerprint density at radius 2 is 0.975 bits per heavy atom. The lowest BCUT2D eigenvalue weighted by molar-refractivity contribution is -0.186. The fourth-order valence-corrected chi connectivity index (χ4v) is 9.69. The third-order valence-corrected chi connectivity index (χ3v) is 15.5. The van der Waals surface area contributed by atoms with Crippen LogP contribution in [0.25, 0.3) is 0 Å². The molecule has 2 saturated carbocycles. The Kier molecular flexibility index (Phi) is 37.0. The minimum absolute atomic E-state index is 0. The van der Waals surface area contributed by atoms with E-state index in [-0.39, 0.29) is 74.0 Å². The van der Waals surface area contributed by atoms with Gasteiger partial charge in [0.25, 0.3) is 0 Å². The Morgan fingerprint density at radius 3 is 1.37 bits per heavy atom. The molecule has 0 saturated heterocycles. The summed E-state index contributed by atoms with van der Waals surface area (Å²) in [6, 6.07) is 42.8. The first-order valence-corrected chi connectivity index (χ1v) is 27.3. The van der Waals surface area contributed by atoms with Gasteiger partial charge in [-0.05, 0) is 173 Å². The molecule has 9 atom stereocenters. The first-order valence-electron chi connectivity index (χ1n) is 27.0. The zero-order valence-electron chi connectivity index (χ0n) is 45.1. The Bertz CT molecular complexity index is 2260.